The van der Waals surface area contributed by atoms with E-state index in [-0.39, 0.29) is 5.57 Å². The van der Waals surface area contributed by atoms with E-state index in [1.165, 1.54) is 13.3 Å². The molecular formula is C20H20ClN3O2. The van der Waals surface area contributed by atoms with Crippen molar-refractivity contribution < 1.29 is 9.53 Å². The Morgan fingerprint density at radius 1 is 1.31 bits per heavy atom. The zero-order valence-electron chi connectivity index (χ0n) is 14.7. The molecule has 2 aromatic rings. The smallest absolute Gasteiger partial charge is 0.267 e. The number of anilines is 1. The molecule has 0 saturated carbocycles. The van der Waals surface area contributed by atoms with E-state index in [9.17, 15) is 10.1 Å². The zero-order chi connectivity index (χ0) is 18.9. The maximum absolute atomic E-state index is 12.3. The van der Waals surface area contributed by atoms with E-state index in [2.05, 4.69) is 10.6 Å². The van der Waals surface area contributed by atoms with Gasteiger partial charge in [-0.15, -0.1) is 0 Å². The van der Waals surface area contributed by atoms with Crippen LogP contribution in [0.3, 0.4) is 0 Å². The molecule has 0 fully saturated rings. The highest BCUT2D eigenvalue weighted by Gasteiger charge is 2.12. The van der Waals surface area contributed by atoms with Crippen molar-refractivity contribution in [3.05, 3.63) is 70.4 Å². The predicted octanol–water partition coefficient (Wildman–Crippen LogP) is 3.84. The third kappa shape index (κ3) is 5.27. The van der Waals surface area contributed by atoms with Gasteiger partial charge in [-0.1, -0.05) is 35.9 Å². The largest absolute Gasteiger partial charge is 0.495 e. The van der Waals surface area contributed by atoms with Crippen LogP contribution in [-0.2, 0) is 11.2 Å². The Morgan fingerprint density at radius 3 is 2.77 bits per heavy atom. The van der Waals surface area contributed by atoms with E-state index in [1.54, 1.807) is 12.1 Å². The minimum absolute atomic E-state index is 0.0206. The number of hydrogen-bond donors (Lipinski definition) is 2. The van der Waals surface area contributed by atoms with Crippen molar-refractivity contribution >= 4 is 23.2 Å². The standard InChI is InChI=1S/C20H20ClN3O2/c1-14-7-8-19(26-2)18(11-14)24-20(25)16(12-22)13-23-10-9-15-5-3-4-6-17(15)21/h3-8,11,13,23H,9-10H2,1-2H3,(H,24,25)/b16-13-. The fourth-order valence-corrected chi connectivity index (χ4v) is 2.57. The Hall–Kier alpha value is -2.97. The molecule has 2 rings (SSSR count). The van der Waals surface area contributed by atoms with Crippen LogP contribution in [0.5, 0.6) is 5.75 Å². The number of carbonyl (C=O) groups is 1. The first kappa shape index (κ1) is 19.4. The molecule has 0 bridgehead atoms. The second-order valence-electron chi connectivity index (χ2n) is 5.62. The maximum Gasteiger partial charge on any atom is 0.267 e. The average molecular weight is 370 g/mol. The van der Waals surface area contributed by atoms with Crippen molar-refractivity contribution in [2.24, 2.45) is 0 Å². The number of nitrogens with one attached hydrogen (secondary N) is 2. The monoisotopic (exact) mass is 369 g/mol. The van der Waals surface area contributed by atoms with Crippen LogP contribution in [0, 0.1) is 18.3 Å². The van der Waals surface area contributed by atoms with Gasteiger partial charge in [0.2, 0.25) is 0 Å². The lowest BCUT2D eigenvalue weighted by Gasteiger charge is -2.11. The topological polar surface area (TPSA) is 74.1 Å². The molecule has 2 aromatic carbocycles. The van der Waals surface area contributed by atoms with Gasteiger partial charge < -0.3 is 15.4 Å². The summed E-state index contributed by atoms with van der Waals surface area (Å²) in [6.45, 7) is 2.46. The van der Waals surface area contributed by atoms with E-state index < -0.39 is 5.91 Å². The molecule has 0 saturated heterocycles. The molecule has 26 heavy (non-hydrogen) atoms. The summed E-state index contributed by atoms with van der Waals surface area (Å²) in [5, 5.41) is 15.6. The number of hydrogen-bond acceptors (Lipinski definition) is 4. The average Bonchev–Trinajstić information content (AvgIpc) is 2.63. The summed E-state index contributed by atoms with van der Waals surface area (Å²) in [6.07, 6.45) is 2.09. The van der Waals surface area contributed by atoms with Crippen molar-refractivity contribution in [2.45, 2.75) is 13.3 Å². The van der Waals surface area contributed by atoms with Gasteiger partial charge in [-0.05, 0) is 42.7 Å². The lowest BCUT2D eigenvalue weighted by molar-refractivity contribution is -0.112. The fraction of sp³-hybridized carbons (Fsp3) is 0.200. The Balaban J connectivity index is 1.98. The first-order valence-corrected chi connectivity index (χ1v) is 8.46. The lowest BCUT2D eigenvalue weighted by Crippen LogP contribution is -2.18. The van der Waals surface area contributed by atoms with Crippen LogP contribution in [0.25, 0.3) is 0 Å². The van der Waals surface area contributed by atoms with Crippen LogP contribution >= 0.6 is 11.6 Å². The van der Waals surface area contributed by atoms with Crippen molar-refractivity contribution in [2.75, 3.05) is 19.0 Å². The molecule has 134 valence electrons. The number of nitrogens with zero attached hydrogens (tertiary/aromatic N) is 1. The Bertz CT molecular complexity index is 856. The highest BCUT2D eigenvalue weighted by molar-refractivity contribution is 6.31. The van der Waals surface area contributed by atoms with E-state index >= 15 is 0 Å². The van der Waals surface area contributed by atoms with Crippen LogP contribution in [0.4, 0.5) is 5.69 Å². The number of aryl methyl sites for hydroxylation is 1. The molecule has 2 N–H and O–H groups in total. The maximum atomic E-state index is 12.3. The van der Waals surface area contributed by atoms with Gasteiger partial charge in [0.25, 0.3) is 5.91 Å². The number of halogens is 1. The number of amides is 1. The van der Waals surface area contributed by atoms with Crippen molar-refractivity contribution in [1.29, 1.82) is 5.26 Å². The van der Waals surface area contributed by atoms with Gasteiger partial charge in [-0.3, -0.25) is 4.79 Å². The van der Waals surface area contributed by atoms with Gasteiger partial charge in [0.05, 0.1) is 12.8 Å². The molecule has 5 nitrogen and oxygen atoms in total. The Kier molecular flexibility index (Phi) is 7.07. The van der Waals surface area contributed by atoms with E-state index in [0.29, 0.717) is 29.4 Å². The normalized spacial score (nSPS) is 10.8. The lowest BCUT2D eigenvalue weighted by atomic mass is 10.1. The molecule has 0 radical (unpaired) electrons. The van der Waals surface area contributed by atoms with Crippen LogP contribution in [0.1, 0.15) is 11.1 Å². The van der Waals surface area contributed by atoms with Crippen LogP contribution < -0.4 is 15.4 Å². The number of ether oxygens (including phenoxy) is 1. The fourth-order valence-electron chi connectivity index (χ4n) is 2.34. The first-order chi connectivity index (χ1) is 12.5. The molecule has 1 amide bonds. The molecule has 0 aliphatic heterocycles. The molecule has 0 atom stereocenters. The minimum Gasteiger partial charge on any atom is -0.495 e. The molecule has 0 unspecified atom stereocenters. The third-order valence-corrected chi connectivity index (χ3v) is 4.08. The Labute approximate surface area is 158 Å². The molecule has 0 aromatic heterocycles. The zero-order valence-corrected chi connectivity index (χ0v) is 15.4. The number of rotatable bonds is 7. The van der Waals surface area contributed by atoms with E-state index in [1.807, 2.05) is 43.3 Å². The summed E-state index contributed by atoms with van der Waals surface area (Å²) in [5.41, 5.74) is 2.48. The predicted molar refractivity (Wildman–Crippen MR) is 103 cm³/mol. The van der Waals surface area contributed by atoms with E-state index in [4.69, 9.17) is 16.3 Å². The van der Waals surface area contributed by atoms with Crippen molar-refractivity contribution in [1.82, 2.24) is 5.32 Å². The summed E-state index contributed by atoms with van der Waals surface area (Å²) in [5.74, 6) is 0.0366. The number of benzene rings is 2. The van der Waals surface area contributed by atoms with Gasteiger partial charge >= 0.3 is 0 Å². The van der Waals surface area contributed by atoms with Crippen LogP contribution in [-0.4, -0.2) is 19.6 Å². The molecule has 0 heterocycles. The minimum atomic E-state index is -0.498. The number of carbonyl (C=O) groups excluding carboxylic acids is 1. The van der Waals surface area contributed by atoms with Crippen LogP contribution in [0.15, 0.2) is 54.2 Å². The summed E-state index contributed by atoms with van der Waals surface area (Å²) in [6, 6.07) is 14.9. The summed E-state index contributed by atoms with van der Waals surface area (Å²) < 4.78 is 5.23. The number of methoxy groups -OCH3 is 1. The SMILES string of the molecule is COc1ccc(C)cc1NC(=O)/C(C#N)=C\NCCc1ccccc1Cl. The van der Waals surface area contributed by atoms with Gasteiger partial charge in [-0.25, -0.2) is 0 Å². The van der Waals surface area contributed by atoms with Gasteiger partial charge in [-0.2, -0.15) is 5.26 Å². The molecule has 0 spiro atoms. The quantitative estimate of drug-likeness (QED) is 0.442. The highest BCUT2D eigenvalue weighted by atomic mass is 35.5. The molecule has 6 heteroatoms. The summed E-state index contributed by atoms with van der Waals surface area (Å²) in [7, 11) is 1.53. The summed E-state index contributed by atoms with van der Waals surface area (Å²) in [4.78, 5) is 12.3. The second kappa shape index (κ2) is 9.50. The Morgan fingerprint density at radius 2 is 2.08 bits per heavy atom. The first-order valence-electron chi connectivity index (χ1n) is 8.08. The van der Waals surface area contributed by atoms with Gasteiger partial charge in [0.15, 0.2) is 0 Å². The van der Waals surface area contributed by atoms with Gasteiger partial charge in [0, 0.05) is 17.8 Å². The highest BCUT2D eigenvalue weighted by Crippen LogP contribution is 2.25. The number of nitriles is 1. The summed E-state index contributed by atoms with van der Waals surface area (Å²) >= 11 is 6.10. The van der Waals surface area contributed by atoms with Crippen molar-refractivity contribution in [3.8, 4) is 11.8 Å². The van der Waals surface area contributed by atoms with Crippen LogP contribution in [0.2, 0.25) is 5.02 Å². The molecular weight excluding hydrogens is 350 g/mol. The molecule has 0 aliphatic rings. The molecule has 0 aliphatic carbocycles. The van der Waals surface area contributed by atoms with Gasteiger partial charge in [0.1, 0.15) is 17.4 Å². The van der Waals surface area contributed by atoms with Crippen molar-refractivity contribution in [3.63, 3.8) is 0 Å². The van der Waals surface area contributed by atoms with E-state index in [0.717, 1.165) is 11.1 Å². The second-order valence-corrected chi connectivity index (χ2v) is 6.03. The third-order valence-electron chi connectivity index (χ3n) is 3.71.